The van der Waals surface area contributed by atoms with Gasteiger partial charge in [0.2, 0.25) is 5.91 Å². The van der Waals surface area contributed by atoms with Crippen molar-refractivity contribution in [2.45, 2.75) is 0 Å². The molecule has 0 aromatic heterocycles. The molecule has 4 amide bonds. The molecule has 1 saturated heterocycles. The van der Waals surface area contributed by atoms with E-state index < -0.39 is 11.9 Å². The highest BCUT2D eigenvalue weighted by atomic mass is 35.5. The zero-order chi connectivity index (χ0) is 14.0. The third-order valence-corrected chi connectivity index (χ3v) is 2.88. The van der Waals surface area contributed by atoms with Crippen LogP contribution in [0.4, 0.5) is 10.5 Å². The van der Waals surface area contributed by atoms with Crippen molar-refractivity contribution in [2.24, 2.45) is 0 Å². The van der Waals surface area contributed by atoms with E-state index in [1.165, 1.54) is 11.9 Å². The smallest absolute Gasteiger partial charge is 0.324 e. The molecule has 0 radical (unpaired) electrons. The van der Waals surface area contributed by atoms with Gasteiger partial charge in [0.05, 0.1) is 0 Å². The maximum absolute atomic E-state index is 11.8. The maximum Gasteiger partial charge on any atom is 0.327 e. The molecule has 6 nitrogen and oxygen atoms in total. The standard InChI is InChI=1S/C12H12ClN3O3/c1-15-7-11(18)16(12(15)19)6-10(17)14-9-4-2-3-8(13)5-9/h2-5H,6-7H2,1H3,(H,14,17). The van der Waals surface area contributed by atoms with Crippen LogP contribution in [-0.2, 0) is 9.59 Å². The van der Waals surface area contributed by atoms with Crippen LogP contribution in [0.1, 0.15) is 0 Å². The minimum Gasteiger partial charge on any atom is -0.324 e. The number of hydrogen-bond acceptors (Lipinski definition) is 3. The Morgan fingerprint density at radius 1 is 1.42 bits per heavy atom. The van der Waals surface area contributed by atoms with Crippen LogP contribution in [0.2, 0.25) is 5.02 Å². The average Bonchev–Trinajstić information content (AvgIpc) is 2.56. The van der Waals surface area contributed by atoms with E-state index in [9.17, 15) is 14.4 Å². The van der Waals surface area contributed by atoms with Gasteiger partial charge >= 0.3 is 6.03 Å². The number of carbonyl (C=O) groups excluding carboxylic acids is 3. The normalized spacial score (nSPS) is 15.1. The van der Waals surface area contributed by atoms with Gasteiger partial charge in [-0.05, 0) is 18.2 Å². The largest absolute Gasteiger partial charge is 0.327 e. The molecule has 0 saturated carbocycles. The van der Waals surface area contributed by atoms with Gasteiger partial charge in [0.25, 0.3) is 5.91 Å². The second-order valence-corrected chi connectivity index (χ2v) is 4.61. The van der Waals surface area contributed by atoms with Gasteiger partial charge in [-0.3, -0.25) is 14.5 Å². The van der Waals surface area contributed by atoms with Crippen molar-refractivity contribution in [1.29, 1.82) is 0 Å². The lowest BCUT2D eigenvalue weighted by Gasteiger charge is -2.13. The SMILES string of the molecule is CN1CC(=O)N(CC(=O)Nc2cccc(Cl)c2)C1=O. The molecule has 0 atom stereocenters. The quantitative estimate of drug-likeness (QED) is 0.846. The number of likely N-dealkylation sites (N-methyl/N-ethyl adjacent to an activating group) is 1. The fraction of sp³-hybridized carbons (Fsp3) is 0.250. The number of anilines is 1. The number of carbonyl (C=O) groups is 3. The summed E-state index contributed by atoms with van der Waals surface area (Å²) in [6.07, 6.45) is 0. The van der Waals surface area contributed by atoms with Crippen molar-refractivity contribution in [3.05, 3.63) is 29.3 Å². The summed E-state index contributed by atoms with van der Waals surface area (Å²) in [6.45, 7) is -0.294. The Morgan fingerprint density at radius 2 is 2.16 bits per heavy atom. The van der Waals surface area contributed by atoms with Crippen LogP contribution in [-0.4, -0.2) is 47.8 Å². The monoisotopic (exact) mass is 281 g/mol. The molecule has 1 N–H and O–H groups in total. The lowest BCUT2D eigenvalue weighted by Crippen LogP contribution is -2.38. The number of rotatable bonds is 3. The number of halogens is 1. The van der Waals surface area contributed by atoms with Gasteiger partial charge in [-0.25, -0.2) is 4.79 Å². The summed E-state index contributed by atoms with van der Waals surface area (Å²) < 4.78 is 0. The molecule has 7 heteroatoms. The molecular formula is C12H12ClN3O3. The molecule has 1 fully saturated rings. The molecule has 1 aliphatic heterocycles. The number of amides is 4. The molecule has 100 valence electrons. The molecule has 0 spiro atoms. The van der Waals surface area contributed by atoms with Crippen molar-refractivity contribution in [3.8, 4) is 0 Å². The van der Waals surface area contributed by atoms with Crippen LogP contribution < -0.4 is 5.32 Å². The van der Waals surface area contributed by atoms with Gasteiger partial charge in [-0.1, -0.05) is 17.7 Å². The fourth-order valence-electron chi connectivity index (χ4n) is 1.73. The first-order valence-corrected chi connectivity index (χ1v) is 5.96. The second-order valence-electron chi connectivity index (χ2n) is 4.18. The summed E-state index contributed by atoms with van der Waals surface area (Å²) >= 11 is 5.79. The van der Waals surface area contributed by atoms with Crippen LogP contribution in [0.3, 0.4) is 0 Å². The Morgan fingerprint density at radius 3 is 2.74 bits per heavy atom. The third-order valence-electron chi connectivity index (χ3n) is 2.64. The Kier molecular flexibility index (Phi) is 3.71. The Labute approximate surface area is 114 Å². The number of nitrogens with one attached hydrogen (secondary N) is 1. The molecule has 1 aliphatic rings. The first-order chi connectivity index (χ1) is 8.97. The summed E-state index contributed by atoms with van der Waals surface area (Å²) in [5.41, 5.74) is 0.518. The summed E-state index contributed by atoms with van der Waals surface area (Å²) in [7, 11) is 1.51. The summed E-state index contributed by atoms with van der Waals surface area (Å²) in [4.78, 5) is 37.0. The first kappa shape index (κ1) is 13.4. The highest BCUT2D eigenvalue weighted by molar-refractivity contribution is 6.30. The number of imide groups is 1. The highest BCUT2D eigenvalue weighted by Gasteiger charge is 2.34. The van der Waals surface area contributed by atoms with Crippen molar-refractivity contribution >= 4 is 35.1 Å². The first-order valence-electron chi connectivity index (χ1n) is 5.58. The van der Waals surface area contributed by atoms with Crippen molar-refractivity contribution in [1.82, 2.24) is 9.80 Å². The van der Waals surface area contributed by atoms with Crippen molar-refractivity contribution in [2.75, 3.05) is 25.5 Å². The van der Waals surface area contributed by atoms with E-state index in [0.29, 0.717) is 10.7 Å². The van der Waals surface area contributed by atoms with Crippen LogP contribution in [0.25, 0.3) is 0 Å². The van der Waals surface area contributed by atoms with E-state index in [4.69, 9.17) is 11.6 Å². The van der Waals surface area contributed by atoms with Crippen LogP contribution in [0, 0.1) is 0 Å². The molecule has 0 aliphatic carbocycles. The van der Waals surface area contributed by atoms with Gasteiger partial charge in [0.15, 0.2) is 0 Å². The van der Waals surface area contributed by atoms with Gasteiger partial charge in [-0.2, -0.15) is 0 Å². The number of benzene rings is 1. The topological polar surface area (TPSA) is 69.7 Å². The van der Waals surface area contributed by atoms with Crippen LogP contribution in [0.15, 0.2) is 24.3 Å². The van der Waals surface area contributed by atoms with E-state index in [2.05, 4.69) is 5.32 Å². The molecular weight excluding hydrogens is 270 g/mol. The van der Waals surface area contributed by atoms with E-state index in [0.717, 1.165) is 4.90 Å². The van der Waals surface area contributed by atoms with Crippen molar-refractivity contribution in [3.63, 3.8) is 0 Å². The Balaban J connectivity index is 1.98. The molecule has 1 aromatic rings. The van der Waals surface area contributed by atoms with Gasteiger partial charge in [0, 0.05) is 17.8 Å². The minimum atomic E-state index is -0.466. The van der Waals surface area contributed by atoms with Crippen LogP contribution >= 0.6 is 11.6 Å². The summed E-state index contributed by atoms with van der Waals surface area (Å²) in [5, 5.41) is 3.07. The molecule has 0 bridgehead atoms. The van der Waals surface area contributed by atoms with E-state index in [1.807, 2.05) is 0 Å². The fourth-order valence-corrected chi connectivity index (χ4v) is 1.93. The van der Waals surface area contributed by atoms with Gasteiger partial charge < -0.3 is 10.2 Å². The predicted octanol–water partition coefficient (Wildman–Crippen LogP) is 1.17. The van der Waals surface area contributed by atoms with Crippen molar-refractivity contribution < 1.29 is 14.4 Å². The summed E-state index contributed by atoms with van der Waals surface area (Å²) in [6, 6.07) is 6.16. The zero-order valence-electron chi connectivity index (χ0n) is 10.2. The minimum absolute atomic E-state index is 0.00325. The molecule has 1 aromatic carbocycles. The Bertz CT molecular complexity index is 547. The number of urea groups is 1. The highest BCUT2D eigenvalue weighted by Crippen LogP contribution is 2.15. The molecule has 0 unspecified atom stereocenters. The molecule has 2 rings (SSSR count). The van der Waals surface area contributed by atoms with Crippen LogP contribution in [0.5, 0.6) is 0 Å². The third kappa shape index (κ3) is 3.03. The van der Waals surface area contributed by atoms with Gasteiger partial charge in [-0.15, -0.1) is 0 Å². The Hall–Kier alpha value is -2.08. The predicted molar refractivity (Wildman–Crippen MR) is 69.8 cm³/mol. The number of nitrogens with zero attached hydrogens (tertiary/aromatic N) is 2. The lowest BCUT2D eigenvalue weighted by molar-refractivity contribution is -0.129. The summed E-state index contributed by atoms with van der Waals surface area (Å²) in [5.74, 6) is -0.826. The number of hydrogen-bond donors (Lipinski definition) is 1. The van der Waals surface area contributed by atoms with E-state index in [-0.39, 0.29) is 19.0 Å². The zero-order valence-corrected chi connectivity index (χ0v) is 11.0. The second kappa shape index (κ2) is 5.27. The molecule has 19 heavy (non-hydrogen) atoms. The maximum atomic E-state index is 11.8. The lowest BCUT2D eigenvalue weighted by atomic mass is 10.3. The van der Waals surface area contributed by atoms with Gasteiger partial charge in [0.1, 0.15) is 13.1 Å². The van der Waals surface area contributed by atoms with E-state index in [1.54, 1.807) is 24.3 Å². The average molecular weight is 282 g/mol. The van der Waals surface area contributed by atoms with E-state index >= 15 is 0 Å². The molecule has 1 heterocycles.